The molecule has 0 saturated heterocycles. The van der Waals surface area contributed by atoms with E-state index in [1.54, 1.807) is 0 Å². The number of fused-ring (bicyclic) bond motifs is 1. The standard InChI is InChI=1S/C20H33N2O.ClH/c1-3-5-7-8-9-12-15-21-17-22(18-23-16-6-4-2)20-14-11-10-13-19(20)21;/h10-11,13-14,17H,3-9,12,15-16,18H2,1-2H3;1H/q+1;/p-1. The number of imidazole rings is 1. The van der Waals surface area contributed by atoms with Crippen LogP contribution >= 0.6 is 0 Å². The molecule has 2 aromatic rings. The van der Waals surface area contributed by atoms with Crippen molar-refractivity contribution in [1.82, 2.24) is 4.57 Å². The average molecular weight is 353 g/mol. The van der Waals surface area contributed by atoms with Gasteiger partial charge in [0.2, 0.25) is 6.33 Å². The summed E-state index contributed by atoms with van der Waals surface area (Å²) < 4.78 is 10.4. The molecule has 0 aliphatic rings. The first-order valence-electron chi connectivity index (χ1n) is 9.41. The zero-order chi connectivity index (χ0) is 16.3. The Morgan fingerprint density at radius 3 is 2.42 bits per heavy atom. The molecule has 0 amide bonds. The van der Waals surface area contributed by atoms with E-state index in [9.17, 15) is 0 Å². The molecule has 136 valence electrons. The van der Waals surface area contributed by atoms with Gasteiger partial charge in [-0.3, -0.25) is 0 Å². The number of unbranched alkanes of at least 4 members (excludes halogenated alkanes) is 6. The second kappa shape index (κ2) is 12.3. The van der Waals surface area contributed by atoms with E-state index < -0.39 is 0 Å². The maximum absolute atomic E-state index is 5.80. The van der Waals surface area contributed by atoms with Gasteiger partial charge in [-0.15, -0.1) is 0 Å². The van der Waals surface area contributed by atoms with Crippen molar-refractivity contribution in [2.75, 3.05) is 6.61 Å². The summed E-state index contributed by atoms with van der Waals surface area (Å²) in [5.74, 6) is 0. The zero-order valence-corrected chi connectivity index (χ0v) is 16.1. The molecule has 0 radical (unpaired) electrons. The number of hydrogen-bond acceptors (Lipinski definition) is 1. The fourth-order valence-electron chi connectivity index (χ4n) is 3.00. The van der Waals surface area contributed by atoms with Crippen LogP contribution in [0.5, 0.6) is 0 Å². The number of ether oxygens (including phenoxy) is 1. The molecule has 1 heterocycles. The number of halogens is 1. The number of hydrogen-bond donors (Lipinski definition) is 0. The summed E-state index contributed by atoms with van der Waals surface area (Å²) in [5.41, 5.74) is 2.59. The molecule has 0 fully saturated rings. The Hall–Kier alpha value is -1.06. The SMILES string of the molecule is CCCCCCCCn1c[n+](COCCCC)c2ccccc21.[Cl-]. The molecule has 3 nitrogen and oxygen atoms in total. The summed E-state index contributed by atoms with van der Waals surface area (Å²) in [4.78, 5) is 0. The molecule has 0 spiro atoms. The molecule has 0 bridgehead atoms. The Morgan fingerprint density at radius 2 is 1.62 bits per heavy atom. The van der Waals surface area contributed by atoms with Gasteiger partial charge in [0.1, 0.15) is 0 Å². The van der Waals surface area contributed by atoms with Crippen molar-refractivity contribution in [2.24, 2.45) is 0 Å². The van der Waals surface area contributed by atoms with Crippen molar-refractivity contribution in [3.63, 3.8) is 0 Å². The Labute approximate surface area is 153 Å². The molecule has 1 aromatic carbocycles. The van der Waals surface area contributed by atoms with Gasteiger partial charge >= 0.3 is 0 Å². The van der Waals surface area contributed by atoms with E-state index in [1.807, 2.05) is 0 Å². The number of nitrogens with zero attached hydrogens (tertiary/aromatic N) is 2. The third-order valence-electron chi connectivity index (χ3n) is 4.40. The van der Waals surface area contributed by atoms with Crippen molar-refractivity contribution >= 4 is 11.0 Å². The Bertz CT molecular complexity index is 568. The molecular formula is C20H33ClN2O. The van der Waals surface area contributed by atoms with Gasteiger partial charge in [0, 0.05) is 0 Å². The van der Waals surface area contributed by atoms with Crippen LogP contribution in [0.25, 0.3) is 11.0 Å². The van der Waals surface area contributed by atoms with E-state index in [-0.39, 0.29) is 12.4 Å². The van der Waals surface area contributed by atoms with Crippen LogP contribution in [0.2, 0.25) is 0 Å². The fraction of sp³-hybridized carbons (Fsp3) is 0.650. The van der Waals surface area contributed by atoms with Crippen molar-refractivity contribution in [2.45, 2.75) is 78.5 Å². The van der Waals surface area contributed by atoms with Gasteiger partial charge in [0.25, 0.3) is 0 Å². The number of aromatic nitrogens is 2. The summed E-state index contributed by atoms with van der Waals surface area (Å²) >= 11 is 0. The lowest BCUT2D eigenvalue weighted by atomic mass is 10.1. The molecule has 0 N–H and O–H groups in total. The predicted octanol–water partition coefficient (Wildman–Crippen LogP) is 2.07. The maximum atomic E-state index is 5.80. The van der Waals surface area contributed by atoms with Crippen LogP contribution in [-0.2, 0) is 18.0 Å². The summed E-state index contributed by atoms with van der Waals surface area (Å²) in [6.07, 6.45) is 12.6. The van der Waals surface area contributed by atoms with Crippen LogP contribution in [0.4, 0.5) is 0 Å². The largest absolute Gasteiger partial charge is 1.00 e. The molecule has 0 aliphatic carbocycles. The smallest absolute Gasteiger partial charge is 0.246 e. The topological polar surface area (TPSA) is 18.0 Å². The summed E-state index contributed by atoms with van der Waals surface area (Å²) in [6.45, 7) is 7.08. The van der Waals surface area contributed by atoms with Gasteiger partial charge in [0.15, 0.2) is 17.8 Å². The average Bonchev–Trinajstić information content (AvgIpc) is 2.93. The molecule has 0 atom stereocenters. The van der Waals surface area contributed by atoms with Gasteiger partial charge in [-0.25, -0.2) is 9.13 Å². The van der Waals surface area contributed by atoms with Crippen molar-refractivity contribution < 1.29 is 21.7 Å². The van der Waals surface area contributed by atoms with Crippen LogP contribution in [-0.4, -0.2) is 11.2 Å². The van der Waals surface area contributed by atoms with Crippen molar-refractivity contribution in [3.05, 3.63) is 30.6 Å². The quantitative estimate of drug-likeness (QED) is 0.422. The van der Waals surface area contributed by atoms with Crippen molar-refractivity contribution in [3.8, 4) is 0 Å². The highest BCUT2D eigenvalue weighted by molar-refractivity contribution is 5.71. The minimum atomic E-state index is 0. The van der Waals surface area contributed by atoms with Crippen LogP contribution in [0.1, 0.15) is 65.2 Å². The number of aryl methyl sites for hydroxylation is 1. The van der Waals surface area contributed by atoms with Crippen LogP contribution in [0.3, 0.4) is 0 Å². The highest BCUT2D eigenvalue weighted by Crippen LogP contribution is 2.13. The van der Waals surface area contributed by atoms with Gasteiger partial charge in [0.05, 0.1) is 13.2 Å². The first-order valence-corrected chi connectivity index (χ1v) is 9.41. The summed E-state index contributed by atoms with van der Waals surface area (Å²) in [5, 5.41) is 0. The fourth-order valence-corrected chi connectivity index (χ4v) is 3.00. The van der Waals surface area contributed by atoms with Crippen molar-refractivity contribution in [1.29, 1.82) is 0 Å². The lowest BCUT2D eigenvalue weighted by molar-refractivity contribution is -0.710. The predicted molar refractivity (Wildman–Crippen MR) is 96.4 cm³/mol. The minimum absolute atomic E-state index is 0. The lowest BCUT2D eigenvalue weighted by Gasteiger charge is -2.00. The number of rotatable bonds is 12. The van der Waals surface area contributed by atoms with E-state index in [2.05, 4.69) is 53.6 Å². The van der Waals surface area contributed by atoms with E-state index in [4.69, 9.17) is 4.74 Å². The maximum Gasteiger partial charge on any atom is 0.246 e. The molecule has 24 heavy (non-hydrogen) atoms. The molecular weight excluding hydrogens is 320 g/mol. The number of para-hydroxylation sites is 2. The van der Waals surface area contributed by atoms with E-state index >= 15 is 0 Å². The van der Waals surface area contributed by atoms with E-state index in [0.717, 1.165) is 19.6 Å². The van der Waals surface area contributed by atoms with Crippen LogP contribution < -0.4 is 17.0 Å². The Balaban J connectivity index is 0.00000288. The highest BCUT2D eigenvalue weighted by Gasteiger charge is 2.14. The molecule has 4 heteroatoms. The minimum Gasteiger partial charge on any atom is -1.00 e. The molecule has 0 saturated carbocycles. The molecule has 1 aromatic heterocycles. The Kier molecular flexibility index (Phi) is 10.8. The Morgan fingerprint density at radius 1 is 0.917 bits per heavy atom. The van der Waals surface area contributed by atoms with E-state index in [1.165, 1.54) is 56.0 Å². The first-order chi connectivity index (χ1) is 11.4. The van der Waals surface area contributed by atoms with Crippen LogP contribution in [0, 0.1) is 0 Å². The second-order valence-corrected chi connectivity index (χ2v) is 6.43. The third-order valence-corrected chi connectivity index (χ3v) is 4.40. The van der Waals surface area contributed by atoms with E-state index in [0.29, 0.717) is 6.73 Å². The zero-order valence-electron chi connectivity index (χ0n) is 15.3. The van der Waals surface area contributed by atoms with Gasteiger partial charge in [-0.05, 0) is 31.4 Å². The molecule has 0 aliphatic heterocycles. The monoisotopic (exact) mass is 352 g/mol. The third kappa shape index (κ3) is 6.45. The van der Waals surface area contributed by atoms with Gasteiger partial charge in [-0.1, -0.05) is 58.1 Å². The highest BCUT2D eigenvalue weighted by atomic mass is 35.5. The first kappa shape index (κ1) is 21.0. The number of benzene rings is 1. The van der Waals surface area contributed by atoms with Crippen LogP contribution in [0.15, 0.2) is 30.6 Å². The van der Waals surface area contributed by atoms with Gasteiger partial charge < -0.3 is 17.1 Å². The molecule has 0 unspecified atom stereocenters. The molecule has 2 rings (SSSR count). The van der Waals surface area contributed by atoms with Gasteiger partial charge in [-0.2, -0.15) is 0 Å². The lowest BCUT2D eigenvalue weighted by Crippen LogP contribution is -3.00. The second-order valence-electron chi connectivity index (χ2n) is 6.43. The normalized spacial score (nSPS) is 10.9. The summed E-state index contributed by atoms with van der Waals surface area (Å²) in [7, 11) is 0. The summed E-state index contributed by atoms with van der Waals surface area (Å²) in [6, 6.07) is 8.65.